The number of nitrogens with one attached hydrogen (secondary N) is 1. The summed E-state index contributed by atoms with van der Waals surface area (Å²) in [6, 6.07) is 1.63. The minimum Gasteiger partial charge on any atom is -0.394 e. The van der Waals surface area contributed by atoms with Crippen LogP contribution in [0.5, 0.6) is 0 Å². The molecule has 216 valence electrons. The van der Waals surface area contributed by atoms with Crippen molar-refractivity contribution in [3.05, 3.63) is 30.6 Å². The van der Waals surface area contributed by atoms with Gasteiger partial charge in [0.2, 0.25) is 0 Å². The number of hydrogen-bond donors (Lipinski definition) is 6. The number of fused-ring (bicyclic) bond motifs is 1. The van der Waals surface area contributed by atoms with Crippen LogP contribution in [0.15, 0.2) is 29.9 Å². The molecule has 3 aromatic rings. The van der Waals surface area contributed by atoms with Gasteiger partial charge in [-0.3, -0.25) is 13.9 Å². The van der Waals surface area contributed by atoms with Crippen molar-refractivity contribution in [3.63, 3.8) is 0 Å². The Hall–Kier alpha value is -3.28. The number of nitrogens with two attached hydrogens (primary N) is 1. The first-order valence-corrected chi connectivity index (χ1v) is 13.8. The standard InChI is InChI=1S/C22H29N8O9P/c1-24-19-14(20(34)25-2)28-9-30(19)21-13(5-10(6-31)38-21)40(35,36)37-7-12-15(32)16(33)22(39-12)29-4-3-11-17(23)26-8-27-18(11)29/h3-4,8-10,12-13,15-16,21-22,31-33H,1,5-7H2,2H3,(H,25,34)(H,35,36)(H2,23,26,27)/t10?,12?,13-,15-,16-,21-,22-/m1/s1. The number of aliphatic hydroxyl groups excluding tert-OH is 3. The maximum absolute atomic E-state index is 13.5. The van der Waals surface area contributed by atoms with E-state index in [1.807, 2.05) is 0 Å². The number of aliphatic hydroxyl groups is 3. The zero-order valence-electron chi connectivity index (χ0n) is 21.2. The Labute approximate surface area is 226 Å². The summed E-state index contributed by atoms with van der Waals surface area (Å²) in [4.78, 5) is 39.1. The van der Waals surface area contributed by atoms with Crippen LogP contribution < -0.4 is 11.1 Å². The lowest BCUT2D eigenvalue weighted by molar-refractivity contribution is -0.0493. The van der Waals surface area contributed by atoms with Crippen LogP contribution in [0.4, 0.5) is 11.6 Å². The van der Waals surface area contributed by atoms with E-state index in [0.717, 1.165) is 0 Å². The Balaban J connectivity index is 1.34. The molecular formula is C22H29N8O9P. The molecule has 2 saturated heterocycles. The Morgan fingerprint density at radius 3 is 2.75 bits per heavy atom. The van der Waals surface area contributed by atoms with Crippen LogP contribution in [-0.4, -0.2) is 107 Å². The summed E-state index contributed by atoms with van der Waals surface area (Å²) in [5.74, 6) is -0.331. The number of aliphatic imine (C=N–C) groups is 1. The second-order valence-electron chi connectivity index (χ2n) is 9.32. The highest BCUT2D eigenvalue weighted by molar-refractivity contribution is 7.53. The fourth-order valence-electron chi connectivity index (χ4n) is 4.94. The smallest absolute Gasteiger partial charge is 0.335 e. The van der Waals surface area contributed by atoms with Crippen molar-refractivity contribution in [1.82, 2.24) is 29.4 Å². The van der Waals surface area contributed by atoms with Crippen LogP contribution in [0.1, 0.15) is 29.4 Å². The second-order valence-corrected chi connectivity index (χ2v) is 11.4. The van der Waals surface area contributed by atoms with Gasteiger partial charge in [0.1, 0.15) is 41.8 Å². The molecule has 3 aromatic heterocycles. The monoisotopic (exact) mass is 580 g/mol. The minimum absolute atomic E-state index is 0.00292. The number of hydrogen-bond acceptors (Lipinski definition) is 13. The molecule has 3 unspecified atom stereocenters. The Kier molecular flexibility index (Phi) is 7.73. The molecule has 5 rings (SSSR count). The molecule has 17 nitrogen and oxygen atoms in total. The van der Waals surface area contributed by atoms with Crippen LogP contribution in [-0.2, 0) is 18.6 Å². The normalized spacial score (nSPS) is 30.0. The summed E-state index contributed by atoms with van der Waals surface area (Å²) in [5.41, 5.74) is 4.94. The van der Waals surface area contributed by atoms with Gasteiger partial charge in [0.05, 0.1) is 31.0 Å². The number of amides is 1. The molecule has 0 radical (unpaired) electrons. The topological polar surface area (TPSA) is 242 Å². The van der Waals surface area contributed by atoms with E-state index in [-0.39, 0.29) is 23.8 Å². The highest BCUT2D eigenvalue weighted by Crippen LogP contribution is 2.57. The lowest BCUT2D eigenvalue weighted by Gasteiger charge is -2.26. The van der Waals surface area contributed by atoms with Crippen LogP contribution in [0.25, 0.3) is 11.0 Å². The Morgan fingerprint density at radius 2 is 2.05 bits per heavy atom. The van der Waals surface area contributed by atoms with Gasteiger partial charge in [0.25, 0.3) is 5.91 Å². The molecule has 0 aromatic carbocycles. The number of nitrogens with zero attached hydrogens (tertiary/aromatic N) is 6. The van der Waals surface area contributed by atoms with E-state index in [1.165, 1.54) is 28.8 Å². The van der Waals surface area contributed by atoms with Gasteiger partial charge in [-0.15, -0.1) is 0 Å². The van der Waals surface area contributed by atoms with E-state index in [9.17, 15) is 29.6 Å². The number of carbonyl (C=O) groups excluding carboxylic acids is 1. The van der Waals surface area contributed by atoms with Crippen LogP contribution in [0.3, 0.4) is 0 Å². The highest BCUT2D eigenvalue weighted by Gasteiger charge is 2.51. The molecule has 40 heavy (non-hydrogen) atoms. The van der Waals surface area contributed by atoms with Gasteiger partial charge >= 0.3 is 7.60 Å². The number of ether oxygens (including phenoxy) is 2. The zero-order valence-corrected chi connectivity index (χ0v) is 22.1. The third kappa shape index (κ3) is 4.80. The van der Waals surface area contributed by atoms with Gasteiger partial charge in [0.15, 0.2) is 24.0 Å². The van der Waals surface area contributed by atoms with Gasteiger partial charge in [-0.2, -0.15) is 0 Å². The van der Waals surface area contributed by atoms with E-state index in [0.29, 0.717) is 11.0 Å². The fraction of sp³-hybridized carbons (Fsp3) is 0.500. The molecule has 7 N–H and O–H groups in total. The quantitative estimate of drug-likeness (QED) is 0.133. The molecule has 5 heterocycles. The molecule has 2 aliphatic rings. The third-order valence-corrected chi connectivity index (χ3v) is 8.82. The molecule has 0 saturated carbocycles. The Bertz CT molecular complexity index is 1460. The van der Waals surface area contributed by atoms with Crippen LogP contribution in [0, 0.1) is 0 Å². The van der Waals surface area contributed by atoms with Crippen molar-refractivity contribution in [2.45, 2.75) is 49.0 Å². The van der Waals surface area contributed by atoms with Gasteiger partial charge in [-0.05, 0) is 19.2 Å². The number of anilines is 1. The van der Waals surface area contributed by atoms with Crippen molar-refractivity contribution in [2.75, 3.05) is 26.0 Å². The first-order chi connectivity index (χ1) is 19.1. The van der Waals surface area contributed by atoms with E-state index in [1.54, 1.807) is 12.3 Å². The first-order valence-electron chi connectivity index (χ1n) is 12.2. The summed E-state index contributed by atoms with van der Waals surface area (Å²) < 4.78 is 33.3. The summed E-state index contributed by atoms with van der Waals surface area (Å²) in [6.07, 6.45) is -3.23. The molecule has 1 amide bonds. The average molecular weight is 580 g/mol. The lowest BCUT2D eigenvalue weighted by Crippen LogP contribution is -2.34. The number of rotatable bonds is 9. The number of nitrogen functional groups attached to an aromatic ring is 1. The number of aromatic nitrogens is 5. The Morgan fingerprint density at radius 1 is 1.27 bits per heavy atom. The summed E-state index contributed by atoms with van der Waals surface area (Å²) in [5, 5.41) is 34.0. The van der Waals surface area contributed by atoms with E-state index >= 15 is 0 Å². The van der Waals surface area contributed by atoms with Crippen molar-refractivity contribution in [2.24, 2.45) is 4.99 Å². The van der Waals surface area contributed by atoms with Gasteiger partial charge < -0.3 is 49.8 Å². The highest BCUT2D eigenvalue weighted by atomic mass is 31.2. The van der Waals surface area contributed by atoms with Crippen LogP contribution in [0.2, 0.25) is 0 Å². The summed E-state index contributed by atoms with van der Waals surface area (Å²) in [7, 11) is -3.15. The third-order valence-electron chi connectivity index (χ3n) is 7.00. The molecule has 0 spiro atoms. The largest absolute Gasteiger partial charge is 0.394 e. The summed E-state index contributed by atoms with van der Waals surface area (Å²) in [6.45, 7) is 2.44. The fourth-order valence-corrected chi connectivity index (χ4v) is 6.53. The zero-order chi connectivity index (χ0) is 28.8. The maximum atomic E-state index is 13.5. The average Bonchev–Trinajstić information content (AvgIpc) is 3.72. The molecule has 2 aliphatic heterocycles. The predicted molar refractivity (Wildman–Crippen MR) is 138 cm³/mol. The number of carbonyl (C=O) groups is 1. The minimum atomic E-state index is -4.55. The number of imidazole rings is 1. The molecule has 8 atom stereocenters. The second kappa shape index (κ2) is 10.9. The van der Waals surface area contributed by atoms with Gasteiger partial charge in [-0.1, -0.05) is 0 Å². The maximum Gasteiger partial charge on any atom is 0.335 e. The van der Waals surface area contributed by atoms with Crippen LogP contribution >= 0.6 is 7.60 Å². The van der Waals surface area contributed by atoms with E-state index in [2.05, 4.69) is 32.0 Å². The van der Waals surface area contributed by atoms with Crippen molar-refractivity contribution in [1.29, 1.82) is 0 Å². The van der Waals surface area contributed by atoms with E-state index < -0.39 is 69.2 Å². The van der Waals surface area contributed by atoms with Gasteiger partial charge in [-0.25, -0.2) is 19.9 Å². The van der Waals surface area contributed by atoms with Crippen molar-refractivity contribution < 1.29 is 43.6 Å². The van der Waals surface area contributed by atoms with Gasteiger partial charge in [0, 0.05) is 13.2 Å². The SMILES string of the molecule is C=Nc1c(C(=O)NC)ncn1[C@@H]1OC(CO)C[C@H]1P(=O)(O)OCC1O[C@@H](n2ccc3c(N)ncnc32)[C@H](O)[C@@H]1O. The molecule has 2 fully saturated rings. The first kappa shape index (κ1) is 28.3. The molecule has 0 bridgehead atoms. The lowest BCUT2D eigenvalue weighted by atomic mass is 10.1. The van der Waals surface area contributed by atoms with E-state index in [4.69, 9.17) is 19.7 Å². The predicted octanol–water partition coefficient (Wildman–Crippen LogP) is -0.928. The van der Waals surface area contributed by atoms with Crippen molar-refractivity contribution >= 4 is 42.9 Å². The summed E-state index contributed by atoms with van der Waals surface area (Å²) >= 11 is 0. The molecule has 0 aliphatic carbocycles. The van der Waals surface area contributed by atoms with Crippen molar-refractivity contribution in [3.8, 4) is 0 Å². The molecular weight excluding hydrogens is 551 g/mol. The molecule has 18 heteroatoms.